The van der Waals surface area contributed by atoms with Crippen LogP contribution in [0, 0.1) is 0 Å². The van der Waals surface area contributed by atoms with Crippen molar-refractivity contribution in [3.63, 3.8) is 0 Å². The zero-order chi connectivity index (χ0) is 10.4. The van der Waals surface area contributed by atoms with Gasteiger partial charge in [0.05, 0.1) is 0 Å². The van der Waals surface area contributed by atoms with Crippen LogP contribution in [-0.2, 0) is 11.2 Å². The third kappa shape index (κ3) is 3.49. The maximum Gasteiger partial charge on any atom is 0.320 e. The molecule has 0 bridgehead atoms. The van der Waals surface area contributed by atoms with E-state index in [1.54, 1.807) is 12.4 Å². The molecule has 0 saturated carbocycles. The van der Waals surface area contributed by atoms with E-state index in [9.17, 15) is 4.79 Å². The lowest BCUT2D eigenvalue weighted by molar-refractivity contribution is -0.138. The molecule has 14 heavy (non-hydrogen) atoms. The molecule has 0 saturated heterocycles. The van der Waals surface area contributed by atoms with Crippen LogP contribution in [0.25, 0.3) is 0 Å². The van der Waals surface area contributed by atoms with E-state index in [0.29, 0.717) is 6.42 Å². The average Bonchev–Trinajstić information content (AvgIpc) is 2.19. The normalized spacial score (nSPS) is 12.4. The zero-order valence-electron chi connectivity index (χ0n) is 7.76. The fourth-order valence-corrected chi connectivity index (χ4v) is 1.11. The van der Waals surface area contributed by atoms with Gasteiger partial charge >= 0.3 is 5.97 Å². The van der Waals surface area contributed by atoms with Crippen molar-refractivity contribution in [3.8, 4) is 0 Å². The highest BCUT2D eigenvalue weighted by Crippen LogP contribution is 2.03. The standard InChI is InChI=1S/C9H13N3O2/c10-8(9(13)14)3-1-2-7-4-11-6-12-5-7/h4-6,8H,1-3,10H2,(H,13,14)/t8-/m1/s1. The van der Waals surface area contributed by atoms with Gasteiger partial charge < -0.3 is 10.8 Å². The van der Waals surface area contributed by atoms with E-state index in [2.05, 4.69) is 9.97 Å². The summed E-state index contributed by atoms with van der Waals surface area (Å²) in [4.78, 5) is 18.1. The monoisotopic (exact) mass is 195 g/mol. The molecule has 0 spiro atoms. The molecule has 1 heterocycles. The van der Waals surface area contributed by atoms with Gasteiger partial charge in [-0.1, -0.05) is 0 Å². The second kappa shape index (κ2) is 5.29. The van der Waals surface area contributed by atoms with Crippen molar-refractivity contribution in [2.75, 3.05) is 0 Å². The Morgan fingerprint density at radius 1 is 1.50 bits per heavy atom. The van der Waals surface area contributed by atoms with Gasteiger partial charge in [-0.15, -0.1) is 0 Å². The van der Waals surface area contributed by atoms with E-state index >= 15 is 0 Å². The molecule has 3 N–H and O–H groups in total. The summed E-state index contributed by atoms with van der Waals surface area (Å²) in [5.41, 5.74) is 6.35. The van der Waals surface area contributed by atoms with Crippen LogP contribution in [0.15, 0.2) is 18.7 Å². The Kier molecular flexibility index (Phi) is 4.00. The lowest BCUT2D eigenvalue weighted by Gasteiger charge is -2.04. The number of nitrogens with two attached hydrogens (primary N) is 1. The van der Waals surface area contributed by atoms with E-state index in [1.807, 2.05) is 0 Å². The quantitative estimate of drug-likeness (QED) is 0.701. The fourth-order valence-electron chi connectivity index (χ4n) is 1.11. The van der Waals surface area contributed by atoms with Gasteiger partial charge in [0.25, 0.3) is 0 Å². The molecular weight excluding hydrogens is 182 g/mol. The predicted molar refractivity (Wildman–Crippen MR) is 50.6 cm³/mol. The van der Waals surface area contributed by atoms with E-state index in [-0.39, 0.29) is 0 Å². The van der Waals surface area contributed by atoms with Crippen LogP contribution >= 0.6 is 0 Å². The summed E-state index contributed by atoms with van der Waals surface area (Å²) in [5.74, 6) is -0.950. The average molecular weight is 195 g/mol. The van der Waals surface area contributed by atoms with Crippen molar-refractivity contribution in [1.82, 2.24) is 9.97 Å². The van der Waals surface area contributed by atoms with Crippen molar-refractivity contribution in [1.29, 1.82) is 0 Å². The molecule has 0 aliphatic carbocycles. The van der Waals surface area contributed by atoms with Crippen molar-refractivity contribution < 1.29 is 9.90 Å². The first-order chi connectivity index (χ1) is 6.70. The highest BCUT2D eigenvalue weighted by Gasteiger charge is 2.10. The van der Waals surface area contributed by atoms with Crippen molar-refractivity contribution in [3.05, 3.63) is 24.3 Å². The Morgan fingerprint density at radius 2 is 2.14 bits per heavy atom. The number of hydrogen-bond acceptors (Lipinski definition) is 4. The number of carbonyl (C=O) groups is 1. The third-order valence-corrected chi connectivity index (χ3v) is 1.91. The Labute approximate surface area is 82.0 Å². The first kappa shape index (κ1) is 10.6. The predicted octanol–water partition coefficient (Wildman–Crippen LogP) is 0.211. The van der Waals surface area contributed by atoms with Crippen LogP contribution in [0.1, 0.15) is 18.4 Å². The van der Waals surface area contributed by atoms with Gasteiger partial charge in [0.2, 0.25) is 0 Å². The summed E-state index contributed by atoms with van der Waals surface area (Å²) in [5, 5.41) is 8.53. The Bertz CT molecular complexity index is 289. The number of aliphatic carboxylic acids is 1. The van der Waals surface area contributed by atoms with Crippen LogP contribution in [0.5, 0.6) is 0 Å². The molecule has 5 nitrogen and oxygen atoms in total. The lowest BCUT2D eigenvalue weighted by Crippen LogP contribution is -2.29. The van der Waals surface area contributed by atoms with Crippen LogP contribution in [0.4, 0.5) is 0 Å². The van der Waals surface area contributed by atoms with Crippen LogP contribution in [0.3, 0.4) is 0 Å². The molecule has 0 aromatic carbocycles. The number of rotatable bonds is 5. The molecule has 0 aliphatic rings. The molecule has 0 radical (unpaired) electrons. The number of nitrogens with zero attached hydrogens (tertiary/aromatic N) is 2. The smallest absolute Gasteiger partial charge is 0.320 e. The van der Waals surface area contributed by atoms with Gasteiger partial charge in [-0.3, -0.25) is 4.79 Å². The molecule has 0 unspecified atom stereocenters. The molecular formula is C9H13N3O2. The molecule has 76 valence electrons. The summed E-state index contributed by atoms with van der Waals surface area (Å²) in [7, 11) is 0. The topological polar surface area (TPSA) is 89.1 Å². The maximum absolute atomic E-state index is 10.4. The van der Waals surface area contributed by atoms with Crippen molar-refractivity contribution >= 4 is 5.97 Å². The summed E-state index contributed by atoms with van der Waals surface area (Å²) < 4.78 is 0. The van der Waals surface area contributed by atoms with Gasteiger partial charge in [-0.2, -0.15) is 0 Å². The van der Waals surface area contributed by atoms with Crippen molar-refractivity contribution in [2.45, 2.75) is 25.3 Å². The highest BCUT2D eigenvalue weighted by molar-refractivity contribution is 5.72. The van der Waals surface area contributed by atoms with Crippen LogP contribution in [-0.4, -0.2) is 27.1 Å². The highest BCUT2D eigenvalue weighted by atomic mass is 16.4. The number of aryl methyl sites for hydroxylation is 1. The molecule has 1 atom stereocenters. The summed E-state index contributed by atoms with van der Waals surface area (Å²) in [6.07, 6.45) is 6.89. The van der Waals surface area contributed by atoms with Gasteiger partial charge in [0, 0.05) is 12.4 Å². The minimum Gasteiger partial charge on any atom is -0.480 e. The summed E-state index contributed by atoms with van der Waals surface area (Å²) >= 11 is 0. The number of carboxylic acids is 1. The number of carboxylic acid groups (broad SMARTS) is 1. The first-order valence-electron chi connectivity index (χ1n) is 4.42. The Hall–Kier alpha value is -1.49. The fraction of sp³-hybridized carbons (Fsp3) is 0.444. The van der Waals surface area contributed by atoms with Gasteiger partial charge in [-0.05, 0) is 24.8 Å². The Balaban J connectivity index is 2.26. The largest absolute Gasteiger partial charge is 0.480 e. The second-order valence-electron chi connectivity index (χ2n) is 3.08. The van der Waals surface area contributed by atoms with Gasteiger partial charge in [0.1, 0.15) is 12.4 Å². The van der Waals surface area contributed by atoms with E-state index in [1.165, 1.54) is 6.33 Å². The second-order valence-corrected chi connectivity index (χ2v) is 3.08. The number of hydrogen-bond donors (Lipinski definition) is 2. The van der Waals surface area contributed by atoms with Crippen LogP contribution < -0.4 is 5.73 Å². The van der Waals surface area contributed by atoms with Crippen molar-refractivity contribution in [2.24, 2.45) is 5.73 Å². The molecule has 0 amide bonds. The molecule has 0 fully saturated rings. The maximum atomic E-state index is 10.4. The Morgan fingerprint density at radius 3 is 2.71 bits per heavy atom. The summed E-state index contributed by atoms with van der Waals surface area (Å²) in [6.45, 7) is 0. The van der Waals surface area contributed by atoms with Gasteiger partial charge in [0.15, 0.2) is 0 Å². The SMILES string of the molecule is N[C@H](CCCc1cncnc1)C(=O)O. The molecule has 1 aromatic rings. The van der Waals surface area contributed by atoms with E-state index < -0.39 is 12.0 Å². The first-order valence-corrected chi connectivity index (χ1v) is 4.42. The minimum atomic E-state index is -0.950. The molecule has 0 aliphatic heterocycles. The molecule has 5 heteroatoms. The minimum absolute atomic E-state index is 0.476. The molecule has 1 rings (SSSR count). The zero-order valence-corrected chi connectivity index (χ0v) is 7.76. The van der Waals surface area contributed by atoms with E-state index in [0.717, 1.165) is 18.4 Å². The molecule has 1 aromatic heterocycles. The van der Waals surface area contributed by atoms with Crippen LogP contribution in [0.2, 0.25) is 0 Å². The lowest BCUT2D eigenvalue weighted by atomic mass is 10.1. The van der Waals surface area contributed by atoms with Gasteiger partial charge in [-0.25, -0.2) is 9.97 Å². The summed E-state index contributed by atoms with van der Waals surface area (Å²) in [6, 6.07) is -0.764. The third-order valence-electron chi connectivity index (χ3n) is 1.91. The van der Waals surface area contributed by atoms with E-state index in [4.69, 9.17) is 10.8 Å². The number of aromatic nitrogens is 2.